The Morgan fingerprint density at radius 2 is 1.77 bits per heavy atom. The fourth-order valence-corrected chi connectivity index (χ4v) is 3.30. The molecule has 0 aromatic heterocycles. The van der Waals surface area contributed by atoms with E-state index in [4.69, 9.17) is 19.3 Å². The predicted molar refractivity (Wildman–Crippen MR) is 124 cm³/mol. The molecule has 0 saturated carbocycles. The predicted octanol–water partition coefficient (Wildman–Crippen LogP) is 4.57. The van der Waals surface area contributed by atoms with Crippen LogP contribution >= 0.6 is 12.4 Å². The van der Waals surface area contributed by atoms with Gasteiger partial charge in [0.05, 0.1) is 6.61 Å². The van der Waals surface area contributed by atoms with E-state index < -0.39 is 12.6 Å². The summed E-state index contributed by atoms with van der Waals surface area (Å²) in [6, 6.07) is 5.78. The molecule has 1 atom stereocenters. The molecule has 0 fully saturated rings. The number of halogens is 1. The Morgan fingerprint density at radius 1 is 1.03 bits per heavy atom. The van der Waals surface area contributed by atoms with Gasteiger partial charge in [0, 0.05) is 33.6 Å². The molecule has 0 aliphatic rings. The van der Waals surface area contributed by atoms with Crippen LogP contribution in [0.2, 0.25) is 0 Å². The highest BCUT2D eigenvalue weighted by atomic mass is 35.5. The van der Waals surface area contributed by atoms with E-state index in [1.165, 1.54) is 5.56 Å². The SMILES string of the molecule is CCC(CCCCCCC(=O)NC)c1ccc(OCC(=O)O)c(OCCCOC)c1.Cl. The number of benzene rings is 1. The van der Waals surface area contributed by atoms with Gasteiger partial charge in [0.1, 0.15) is 0 Å². The standard InChI is InChI=1S/C23H37NO6.ClH/c1-4-18(10-7-5-6-8-11-22(25)24-2)19-12-13-20(30-17-23(26)27)21(16-19)29-15-9-14-28-3;/h12-13,16,18H,4-11,14-15,17H2,1-3H3,(H,24,25)(H,26,27);1H. The normalized spacial score (nSPS) is 11.3. The van der Waals surface area contributed by atoms with Crippen LogP contribution < -0.4 is 14.8 Å². The average Bonchev–Trinajstić information content (AvgIpc) is 2.75. The molecule has 1 aromatic carbocycles. The molecule has 1 aromatic rings. The minimum absolute atomic E-state index is 0. The van der Waals surface area contributed by atoms with Crippen molar-refractivity contribution in [3.8, 4) is 11.5 Å². The van der Waals surface area contributed by atoms with Crippen molar-refractivity contribution in [2.45, 2.75) is 64.2 Å². The first-order valence-corrected chi connectivity index (χ1v) is 10.8. The highest BCUT2D eigenvalue weighted by Crippen LogP contribution is 2.34. The lowest BCUT2D eigenvalue weighted by Crippen LogP contribution is -2.16. The minimum Gasteiger partial charge on any atom is -0.490 e. The number of hydrogen-bond donors (Lipinski definition) is 2. The van der Waals surface area contributed by atoms with E-state index in [9.17, 15) is 9.59 Å². The first kappa shape index (κ1) is 29.0. The average molecular weight is 460 g/mol. The number of rotatable bonds is 17. The van der Waals surface area contributed by atoms with Crippen molar-refractivity contribution in [3.05, 3.63) is 23.8 Å². The van der Waals surface area contributed by atoms with Crippen LogP contribution in [0.4, 0.5) is 0 Å². The first-order chi connectivity index (χ1) is 14.5. The topological polar surface area (TPSA) is 94.1 Å². The first-order valence-electron chi connectivity index (χ1n) is 10.8. The summed E-state index contributed by atoms with van der Waals surface area (Å²) in [6.45, 7) is 2.84. The maximum Gasteiger partial charge on any atom is 0.341 e. The Balaban J connectivity index is 0.00000900. The van der Waals surface area contributed by atoms with Crippen LogP contribution in [0.1, 0.15) is 69.8 Å². The largest absolute Gasteiger partial charge is 0.490 e. The molecule has 2 N–H and O–H groups in total. The Kier molecular flexibility index (Phi) is 16.5. The van der Waals surface area contributed by atoms with E-state index in [0.717, 1.165) is 44.9 Å². The molecular formula is C23H38ClNO6. The molecule has 0 heterocycles. The van der Waals surface area contributed by atoms with Crippen molar-refractivity contribution in [2.75, 3.05) is 34.0 Å². The van der Waals surface area contributed by atoms with E-state index in [2.05, 4.69) is 12.2 Å². The highest BCUT2D eigenvalue weighted by Gasteiger charge is 2.14. The Labute approximate surface area is 192 Å². The minimum atomic E-state index is -1.02. The summed E-state index contributed by atoms with van der Waals surface area (Å²) < 4.78 is 16.3. The molecule has 0 bridgehead atoms. The number of nitrogens with one attached hydrogen (secondary N) is 1. The van der Waals surface area contributed by atoms with Gasteiger partial charge in [-0.15, -0.1) is 12.4 Å². The zero-order valence-corrected chi connectivity index (χ0v) is 19.8. The third-order valence-corrected chi connectivity index (χ3v) is 5.02. The number of hydrogen-bond acceptors (Lipinski definition) is 5. The van der Waals surface area contributed by atoms with Gasteiger partial charge in [-0.3, -0.25) is 4.79 Å². The van der Waals surface area contributed by atoms with Gasteiger partial charge in [0.15, 0.2) is 18.1 Å². The molecule has 8 heteroatoms. The lowest BCUT2D eigenvalue weighted by molar-refractivity contribution is -0.139. The van der Waals surface area contributed by atoms with Crippen LogP contribution in [0.3, 0.4) is 0 Å². The third kappa shape index (κ3) is 12.5. The third-order valence-electron chi connectivity index (χ3n) is 5.02. The lowest BCUT2D eigenvalue weighted by atomic mass is 9.90. The summed E-state index contributed by atoms with van der Waals surface area (Å²) in [5, 5.41) is 11.5. The monoisotopic (exact) mass is 459 g/mol. The van der Waals surface area contributed by atoms with Gasteiger partial charge < -0.3 is 24.6 Å². The smallest absolute Gasteiger partial charge is 0.341 e. The number of unbranched alkanes of at least 4 members (excludes halogenated alkanes) is 3. The Bertz CT molecular complexity index is 640. The van der Waals surface area contributed by atoms with Gasteiger partial charge in [0.25, 0.3) is 0 Å². The summed E-state index contributed by atoms with van der Waals surface area (Å²) >= 11 is 0. The number of methoxy groups -OCH3 is 1. The van der Waals surface area contributed by atoms with E-state index in [1.807, 2.05) is 12.1 Å². The maximum atomic E-state index is 11.3. The van der Waals surface area contributed by atoms with Gasteiger partial charge in [-0.25, -0.2) is 4.79 Å². The number of ether oxygens (including phenoxy) is 3. The van der Waals surface area contributed by atoms with Gasteiger partial charge in [-0.1, -0.05) is 32.3 Å². The van der Waals surface area contributed by atoms with Crippen LogP contribution in [0.25, 0.3) is 0 Å². The molecule has 0 spiro atoms. The number of carboxylic acids is 1. The molecule has 0 aliphatic carbocycles. The van der Waals surface area contributed by atoms with Gasteiger partial charge in [-0.2, -0.15) is 0 Å². The Hall–Kier alpha value is -1.99. The quantitative estimate of drug-likeness (QED) is 0.331. The molecule has 1 unspecified atom stereocenters. The molecule has 0 aliphatic heterocycles. The van der Waals surface area contributed by atoms with Crippen LogP contribution in [0.5, 0.6) is 11.5 Å². The summed E-state index contributed by atoms with van der Waals surface area (Å²) in [5.74, 6) is 0.507. The van der Waals surface area contributed by atoms with Crippen LogP contribution in [0.15, 0.2) is 18.2 Å². The fourth-order valence-electron chi connectivity index (χ4n) is 3.30. The molecule has 0 saturated heterocycles. The second kappa shape index (κ2) is 17.7. The summed E-state index contributed by atoms with van der Waals surface area (Å²) in [6.07, 6.45) is 7.60. The highest BCUT2D eigenvalue weighted by molar-refractivity contribution is 5.85. The van der Waals surface area contributed by atoms with E-state index in [1.54, 1.807) is 20.2 Å². The molecular weight excluding hydrogens is 422 g/mol. The summed E-state index contributed by atoms with van der Waals surface area (Å²) in [7, 11) is 3.31. The van der Waals surface area contributed by atoms with Crippen LogP contribution in [0, 0.1) is 0 Å². The van der Waals surface area contributed by atoms with E-state index in [0.29, 0.717) is 37.1 Å². The van der Waals surface area contributed by atoms with Crippen molar-refractivity contribution < 1.29 is 28.9 Å². The molecule has 31 heavy (non-hydrogen) atoms. The van der Waals surface area contributed by atoms with Crippen molar-refractivity contribution >= 4 is 24.3 Å². The summed E-state index contributed by atoms with van der Waals surface area (Å²) in [4.78, 5) is 22.1. The van der Waals surface area contributed by atoms with Gasteiger partial charge in [-0.05, 0) is 42.9 Å². The van der Waals surface area contributed by atoms with Crippen molar-refractivity contribution in [2.24, 2.45) is 0 Å². The molecule has 7 nitrogen and oxygen atoms in total. The van der Waals surface area contributed by atoms with Crippen molar-refractivity contribution in [1.82, 2.24) is 5.32 Å². The number of carbonyl (C=O) groups excluding carboxylic acids is 1. The zero-order valence-electron chi connectivity index (χ0n) is 19.0. The molecule has 178 valence electrons. The summed E-state index contributed by atoms with van der Waals surface area (Å²) in [5.41, 5.74) is 1.17. The van der Waals surface area contributed by atoms with E-state index in [-0.39, 0.29) is 18.3 Å². The maximum absolute atomic E-state index is 11.3. The Morgan fingerprint density at radius 3 is 2.42 bits per heavy atom. The van der Waals surface area contributed by atoms with Gasteiger partial charge in [0.2, 0.25) is 5.91 Å². The molecule has 1 rings (SSSR count). The number of carboxylic acid groups (broad SMARTS) is 1. The molecule has 1 amide bonds. The lowest BCUT2D eigenvalue weighted by Gasteiger charge is -2.19. The van der Waals surface area contributed by atoms with Gasteiger partial charge >= 0.3 is 5.97 Å². The van der Waals surface area contributed by atoms with E-state index >= 15 is 0 Å². The number of carbonyl (C=O) groups is 2. The van der Waals surface area contributed by atoms with Crippen molar-refractivity contribution in [1.29, 1.82) is 0 Å². The van der Waals surface area contributed by atoms with Crippen LogP contribution in [-0.2, 0) is 14.3 Å². The fraction of sp³-hybridized carbons (Fsp3) is 0.652. The number of aliphatic carboxylic acids is 1. The van der Waals surface area contributed by atoms with Crippen LogP contribution in [-0.4, -0.2) is 51.0 Å². The number of amides is 1. The second-order valence-electron chi connectivity index (χ2n) is 7.31. The molecule has 0 radical (unpaired) electrons. The second-order valence-corrected chi connectivity index (χ2v) is 7.31. The van der Waals surface area contributed by atoms with Crippen molar-refractivity contribution in [3.63, 3.8) is 0 Å². The zero-order chi connectivity index (χ0) is 22.2.